The van der Waals surface area contributed by atoms with Gasteiger partial charge in [0, 0.05) is 0 Å². The average molecular weight is 318 g/mol. The Balaban J connectivity index is 2.23. The molecule has 84 valence electrons. The Kier molecular flexibility index (Phi) is 2.65. The zero-order valence-corrected chi connectivity index (χ0v) is 10.5. The van der Waals surface area contributed by atoms with Crippen molar-refractivity contribution < 1.29 is 17.2 Å². The largest absolute Gasteiger partial charge is 0.275 e. The summed E-state index contributed by atoms with van der Waals surface area (Å²) >= 11 is 4.14. The highest BCUT2D eigenvalue weighted by Gasteiger charge is 2.50. The van der Waals surface area contributed by atoms with Crippen LogP contribution in [0, 0.1) is 0 Å². The molecular formula is C7H6BrF2NO2S2. The molecule has 0 radical (unpaired) electrons. The summed E-state index contributed by atoms with van der Waals surface area (Å²) in [5.74, 6) is -2.87. The molecule has 0 N–H and O–H groups in total. The van der Waals surface area contributed by atoms with Crippen LogP contribution in [0.15, 0.2) is 20.1 Å². The lowest BCUT2D eigenvalue weighted by Crippen LogP contribution is -2.58. The molecule has 1 aliphatic rings. The topological polar surface area (TPSA) is 37.4 Å². The van der Waals surface area contributed by atoms with Crippen molar-refractivity contribution in [3.05, 3.63) is 15.9 Å². The number of hydrogen-bond donors (Lipinski definition) is 0. The highest BCUT2D eigenvalue weighted by Crippen LogP contribution is 2.35. The molecule has 0 amide bonds. The Morgan fingerprint density at radius 1 is 1.40 bits per heavy atom. The van der Waals surface area contributed by atoms with E-state index in [4.69, 9.17) is 0 Å². The van der Waals surface area contributed by atoms with Gasteiger partial charge < -0.3 is 0 Å². The lowest BCUT2D eigenvalue weighted by molar-refractivity contribution is -0.0944. The number of thiophene rings is 1. The Morgan fingerprint density at radius 2 is 2.00 bits per heavy atom. The first-order valence-corrected chi connectivity index (χ1v) is 7.00. The van der Waals surface area contributed by atoms with Crippen LogP contribution in [0.3, 0.4) is 0 Å². The van der Waals surface area contributed by atoms with Crippen LogP contribution in [0.2, 0.25) is 0 Å². The van der Waals surface area contributed by atoms with Gasteiger partial charge in [0.2, 0.25) is 0 Å². The Bertz CT molecular complexity index is 477. The molecule has 1 aromatic rings. The van der Waals surface area contributed by atoms with Gasteiger partial charge in [-0.25, -0.2) is 17.2 Å². The first kappa shape index (κ1) is 11.4. The Hall–Kier alpha value is -0.0500. The molecule has 0 atom stereocenters. The fraction of sp³-hybridized carbons (Fsp3) is 0.429. The maximum absolute atomic E-state index is 12.5. The maximum atomic E-state index is 12.5. The van der Waals surface area contributed by atoms with Crippen molar-refractivity contribution in [1.29, 1.82) is 0 Å². The standard InChI is InChI=1S/C7H6BrF2NO2S2/c8-5-1-2-6(14-5)15(12,13)11-3-7(9,10)4-11/h1-2H,3-4H2. The first-order chi connectivity index (χ1) is 6.81. The number of halogens is 3. The molecule has 1 fully saturated rings. The van der Waals surface area contributed by atoms with Gasteiger partial charge in [-0.05, 0) is 28.1 Å². The second-order valence-corrected chi connectivity index (χ2v) is 7.82. The van der Waals surface area contributed by atoms with Crippen molar-refractivity contribution in [2.45, 2.75) is 10.1 Å². The quantitative estimate of drug-likeness (QED) is 0.838. The van der Waals surface area contributed by atoms with Crippen molar-refractivity contribution in [2.75, 3.05) is 13.1 Å². The molecule has 0 spiro atoms. The normalized spacial score (nSPS) is 21.3. The lowest BCUT2D eigenvalue weighted by Gasteiger charge is -2.36. The third-order valence-electron chi connectivity index (χ3n) is 1.96. The van der Waals surface area contributed by atoms with E-state index in [1.807, 2.05) is 0 Å². The maximum Gasteiger partial charge on any atom is 0.275 e. The van der Waals surface area contributed by atoms with Gasteiger partial charge in [0.15, 0.2) is 0 Å². The van der Waals surface area contributed by atoms with Gasteiger partial charge in [0.05, 0.1) is 16.9 Å². The predicted octanol–water partition coefficient (Wildman–Crippen LogP) is 2.15. The highest BCUT2D eigenvalue weighted by molar-refractivity contribution is 9.11. The van der Waals surface area contributed by atoms with Gasteiger partial charge >= 0.3 is 0 Å². The summed E-state index contributed by atoms with van der Waals surface area (Å²) in [6.45, 7) is -1.43. The zero-order valence-electron chi connectivity index (χ0n) is 7.28. The minimum atomic E-state index is -3.71. The van der Waals surface area contributed by atoms with Gasteiger partial charge in [-0.3, -0.25) is 0 Å². The number of sulfonamides is 1. The van der Waals surface area contributed by atoms with Crippen LogP contribution in [0.25, 0.3) is 0 Å². The van der Waals surface area contributed by atoms with Crippen LogP contribution in [-0.4, -0.2) is 31.7 Å². The van der Waals surface area contributed by atoms with Crippen molar-refractivity contribution in [2.24, 2.45) is 0 Å². The molecule has 0 bridgehead atoms. The molecule has 0 aliphatic carbocycles. The van der Waals surface area contributed by atoms with Crippen molar-refractivity contribution >= 4 is 37.3 Å². The molecule has 0 saturated carbocycles. The van der Waals surface area contributed by atoms with Crippen LogP contribution >= 0.6 is 27.3 Å². The van der Waals surface area contributed by atoms with E-state index in [0.29, 0.717) is 3.79 Å². The zero-order chi connectivity index (χ0) is 11.3. The minimum Gasteiger partial charge on any atom is -0.206 e. The molecule has 8 heteroatoms. The van der Waals surface area contributed by atoms with Crippen LogP contribution in [-0.2, 0) is 10.0 Å². The average Bonchev–Trinajstić information content (AvgIpc) is 2.48. The fourth-order valence-electron chi connectivity index (χ4n) is 1.20. The van der Waals surface area contributed by atoms with E-state index in [1.54, 1.807) is 6.07 Å². The second kappa shape index (κ2) is 3.47. The molecule has 2 heterocycles. The van der Waals surface area contributed by atoms with E-state index >= 15 is 0 Å². The molecule has 15 heavy (non-hydrogen) atoms. The summed E-state index contributed by atoms with van der Waals surface area (Å²) in [6, 6.07) is 2.98. The molecule has 1 aromatic heterocycles. The van der Waals surface area contributed by atoms with Gasteiger partial charge in [-0.15, -0.1) is 11.3 Å². The molecule has 3 nitrogen and oxygen atoms in total. The monoisotopic (exact) mass is 317 g/mol. The van der Waals surface area contributed by atoms with Crippen LogP contribution < -0.4 is 0 Å². The molecule has 2 rings (SSSR count). The van der Waals surface area contributed by atoms with Gasteiger partial charge in [-0.1, -0.05) is 0 Å². The number of nitrogens with zero attached hydrogens (tertiary/aromatic N) is 1. The van der Waals surface area contributed by atoms with E-state index in [0.717, 1.165) is 15.6 Å². The summed E-state index contributed by atoms with van der Waals surface area (Å²) < 4.78 is 50.0. The van der Waals surface area contributed by atoms with Crippen LogP contribution in [0.1, 0.15) is 0 Å². The molecule has 1 aliphatic heterocycles. The van der Waals surface area contributed by atoms with Crippen LogP contribution in [0.4, 0.5) is 8.78 Å². The summed E-state index contributed by atoms with van der Waals surface area (Å²) in [6.07, 6.45) is 0. The molecule has 0 unspecified atom stereocenters. The van der Waals surface area contributed by atoms with E-state index in [1.165, 1.54) is 6.07 Å². The molecular weight excluding hydrogens is 312 g/mol. The summed E-state index contributed by atoms with van der Waals surface area (Å²) in [4.78, 5) is 0. The second-order valence-electron chi connectivity index (χ2n) is 3.19. The fourth-order valence-corrected chi connectivity index (χ4v) is 4.86. The van der Waals surface area contributed by atoms with Gasteiger partial charge in [0.25, 0.3) is 15.9 Å². The smallest absolute Gasteiger partial charge is 0.206 e. The summed E-state index contributed by atoms with van der Waals surface area (Å²) in [7, 11) is -3.71. The number of alkyl halides is 2. The number of rotatable bonds is 2. The third kappa shape index (κ3) is 2.08. The van der Waals surface area contributed by atoms with Crippen molar-refractivity contribution in [3.63, 3.8) is 0 Å². The first-order valence-electron chi connectivity index (χ1n) is 3.95. The molecule has 1 saturated heterocycles. The molecule has 0 aromatic carbocycles. The number of hydrogen-bond acceptors (Lipinski definition) is 3. The van der Waals surface area contributed by atoms with Crippen LogP contribution in [0.5, 0.6) is 0 Å². The van der Waals surface area contributed by atoms with E-state index in [-0.39, 0.29) is 4.21 Å². The van der Waals surface area contributed by atoms with Gasteiger partial charge in [0.1, 0.15) is 4.21 Å². The van der Waals surface area contributed by atoms with E-state index in [9.17, 15) is 17.2 Å². The van der Waals surface area contributed by atoms with E-state index in [2.05, 4.69) is 15.9 Å². The van der Waals surface area contributed by atoms with Crippen molar-refractivity contribution in [3.8, 4) is 0 Å². The van der Waals surface area contributed by atoms with Crippen molar-refractivity contribution in [1.82, 2.24) is 4.31 Å². The Labute approximate surface area is 97.9 Å². The lowest BCUT2D eigenvalue weighted by atomic mass is 10.2. The predicted molar refractivity (Wildman–Crippen MR) is 55.7 cm³/mol. The minimum absolute atomic E-state index is 0.0878. The summed E-state index contributed by atoms with van der Waals surface area (Å²) in [5, 5.41) is 0. The highest BCUT2D eigenvalue weighted by atomic mass is 79.9. The van der Waals surface area contributed by atoms with E-state index < -0.39 is 29.0 Å². The third-order valence-corrected chi connectivity index (χ3v) is 5.84. The Morgan fingerprint density at radius 3 is 2.40 bits per heavy atom. The van der Waals surface area contributed by atoms with Gasteiger partial charge in [-0.2, -0.15) is 4.31 Å². The SMILES string of the molecule is O=S(=O)(c1ccc(Br)s1)N1CC(F)(F)C1. The summed E-state index contributed by atoms with van der Waals surface area (Å²) in [5.41, 5.74) is 0.